The van der Waals surface area contributed by atoms with Crippen LogP contribution in [-0.4, -0.2) is 45.7 Å². The van der Waals surface area contributed by atoms with Gasteiger partial charge in [0, 0.05) is 18.9 Å². The van der Waals surface area contributed by atoms with Crippen LogP contribution in [0.2, 0.25) is 0 Å². The van der Waals surface area contributed by atoms with Crippen LogP contribution in [0.25, 0.3) is 0 Å². The van der Waals surface area contributed by atoms with Crippen molar-refractivity contribution in [2.45, 2.75) is 59.1 Å². The molecule has 0 aliphatic heterocycles. The van der Waals surface area contributed by atoms with E-state index >= 15 is 0 Å². The van der Waals surface area contributed by atoms with E-state index in [1.807, 2.05) is 0 Å². The van der Waals surface area contributed by atoms with E-state index < -0.39 is 9.84 Å². The summed E-state index contributed by atoms with van der Waals surface area (Å²) >= 11 is 0. The molecule has 19 heavy (non-hydrogen) atoms. The molecule has 0 bridgehead atoms. The largest absolute Gasteiger partial charge is 0.380 e. The monoisotopic (exact) mass is 293 g/mol. The molecule has 0 spiro atoms. The van der Waals surface area contributed by atoms with Gasteiger partial charge in [-0.25, -0.2) is 8.42 Å². The van der Waals surface area contributed by atoms with Gasteiger partial charge in [0.2, 0.25) is 0 Å². The molecule has 0 aromatic heterocycles. The quantitative estimate of drug-likeness (QED) is 0.635. The van der Waals surface area contributed by atoms with Crippen molar-refractivity contribution >= 4 is 9.84 Å². The van der Waals surface area contributed by atoms with Crippen LogP contribution in [-0.2, 0) is 14.6 Å². The van der Waals surface area contributed by atoms with Crippen LogP contribution in [0.3, 0.4) is 0 Å². The van der Waals surface area contributed by atoms with Gasteiger partial charge >= 0.3 is 0 Å². The van der Waals surface area contributed by atoms with E-state index in [2.05, 4.69) is 26.1 Å². The van der Waals surface area contributed by atoms with Gasteiger partial charge in [0.05, 0.1) is 11.9 Å². The summed E-state index contributed by atoms with van der Waals surface area (Å²) in [7, 11) is -1.13. The van der Waals surface area contributed by atoms with Crippen molar-refractivity contribution in [2.75, 3.05) is 25.2 Å². The van der Waals surface area contributed by atoms with Gasteiger partial charge in [-0.1, -0.05) is 27.7 Å². The standard InChI is InChI=1S/C14H31NO3S/c1-6-10-15-13(14(18-5)12(3)4)9-8-11-19(16,17)7-2/h12-15H,6-11H2,1-5H3. The zero-order chi connectivity index (χ0) is 14.9. The molecule has 0 saturated heterocycles. The first-order chi connectivity index (χ1) is 8.87. The molecule has 0 aromatic carbocycles. The first-order valence-corrected chi connectivity index (χ1v) is 9.16. The predicted octanol–water partition coefficient (Wildman–Crippen LogP) is 2.24. The summed E-state index contributed by atoms with van der Waals surface area (Å²) in [5.41, 5.74) is 0. The van der Waals surface area contributed by atoms with Gasteiger partial charge in [-0.05, 0) is 31.7 Å². The normalized spacial score (nSPS) is 15.7. The fraction of sp³-hybridized carbons (Fsp3) is 1.00. The number of hydrogen-bond donors (Lipinski definition) is 1. The van der Waals surface area contributed by atoms with Crippen LogP contribution in [0.4, 0.5) is 0 Å². The van der Waals surface area contributed by atoms with E-state index in [1.54, 1.807) is 14.0 Å². The van der Waals surface area contributed by atoms with Gasteiger partial charge in [0.15, 0.2) is 0 Å². The van der Waals surface area contributed by atoms with Crippen molar-refractivity contribution in [2.24, 2.45) is 5.92 Å². The SMILES string of the molecule is CCCNC(CCCS(=O)(=O)CC)C(OC)C(C)C. The fourth-order valence-corrected chi connectivity index (χ4v) is 3.18. The van der Waals surface area contributed by atoms with Crippen LogP contribution in [0.15, 0.2) is 0 Å². The Hall–Kier alpha value is -0.130. The van der Waals surface area contributed by atoms with Crippen LogP contribution >= 0.6 is 0 Å². The minimum atomic E-state index is -2.86. The minimum Gasteiger partial charge on any atom is -0.380 e. The summed E-state index contributed by atoms with van der Waals surface area (Å²) in [5, 5.41) is 3.49. The molecule has 0 rings (SSSR count). The lowest BCUT2D eigenvalue weighted by Crippen LogP contribution is -2.44. The molecule has 2 atom stereocenters. The van der Waals surface area contributed by atoms with Crippen LogP contribution in [0, 0.1) is 5.92 Å². The second kappa shape index (κ2) is 9.72. The maximum atomic E-state index is 11.5. The Balaban J connectivity index is 4.42. The molecule has 2 unspecified atom stereocenters. The summed E-state index contributed by atoms with van der Waals surface area (Å²) in [6.07, 6.45) is 2.74. The third-order valence-electron chi connectivity index (χ3n) is 3.39. The number of sulfone groups is 1. The van der Waals surface area contributed by atoms with Gasteiger partial charge < -0.3 is 10.1 Å². The van der Waals surface area contributed by atoms with E-state index in [4.69, 9.17) is 4.74 Å². The smallest absolute Gasteiger partial charge is 0.150 e. The molecule has 5 heteroatoms. The van der Waals surface area contributed by atoms with E-state index in [0.29, 0.717) is 12.3 Å². The van der Waals surface area contributed by atoms with Crippen LogP contribution < -0.4 is 5.32 Å². The topological polar surface area (TPSA) is 55.4 Å². The van der Waals surface area contributed by atoms with Crippen molar-refractivity contribution in [3.8, 4) is 0 Å². The highest BCUT2D eigenvalue weighted by atomic mass is 32.2. The molecule has 0 aliphatic carbocycles. The van der Waals surface area contributed by atoms with Crippen molar-refractivity contribution in [3.63, 3.8) is 0 Å². The van der Waals surface area contributed by atoms with Crippen molar-refractivity contribution in [1.29, 1.82) is 0 Å². The number of methoxy groups -OCH3 is 1. The Bertz CT molecular complexity index is 315. The van der Waals surface area contributed by atoms with Gasteiger partial charge in [0.25, 0.3) is 0 Å². The van der Waals surface area contributed by atoms with E-state index in [9.17, 15) is 8.42 Å². The second-order valence-corrected chi connectivity index (χ2v) is 7.86. The first kappa shape index (κ1) is 18.9. The van der Waals surface area contributed by atoms with Crippen molar-refractivity contribution in [3.05, 3.63) is 0 Å². The molecule has 0 amide bonds. The zero-order valence-corrected chi connectivity index (χ0v) is 13.9. The molecule has 0 aromatic rings. The summed E-state index contributed by atoms with van der Waals surface area (Å²) < 4.78 is 28.6. The van der Waals surface area contributed by atoms with E-state index in [-0.39, 0.29) is 23.7 Å². The number of nitrogens with one attached hydrogen (secondary N) is 1. The molecule has 0 aliphatic rings. The predicted molar refractivity (Wildman–Crippen MR) is 81.3 cm³/mol. The average Bonchev–Trinajstić information content (AvgIpc) is 2.35. The van der Waals surface area contributed by atoms with Crippen molar-refractivity contribution < 1.29 is 13.2 Å². The van der Waals surface area contributed by atoms with E-state index in [1.165, 1.54) is 0 Å². The lowest BCUT2D eigenvalue weighted by Gasteiger charge is -2.30. The summed E-state index contributed by atoms with van der Waals surface area (Å²) in [5.74, 6) is 0.933. The lowest BCUT2D eigenvalue weighted by atomic mass is 9.96. The lowest BCUT2D eigenvalue weighted by molar-refractivity contribution is 0.0306. The van der Waals surface area contributed by atoms with Crippen LogP contribution in [0.5, 0.6) is 0 Å². The third kappa shape index (κ3) is 7.90. The molecule has 0 heterocycles. The molecule has 116 valence electrons. The van der Waals surface area contributed by atoms with Gasteiger partial charge in [-0.2, -0.15) is 0 Å². The third-order valence-corrected chi connectivity index (χ3v) is 5.18. The number of ether oxygens (including phenoxy) is 1. The first-order valence-electron chi connectivity index (χ1n) is 7.34. The molecular weight excluding hydrogens is 262 g/mol. The highest BCUT2D eigenvalue weighted by Gasteiger charge is 2.24. The Labute approximate surface area is 119 Å². The molecule has 0 saturated carbocycles. The van der Waals surface area contributed by atoms with Crippen LogP contribution in [0.1, 0.15) is 47.0 Å². The Kier molecular flexibility index (Phi) is 9.66. The maximum absolute atomic E-state index is 11.5. The maximum Gasteiger partial charge on any atom is 0.150 e. The van der Waals surface area contributed by atoms with Gasteiger partial charge in [0.1, 0.15) is 9.84 Å². The summed E-state index contributed by atoms with van der Waals surface area (Å²) in [4.78, 5) is 0. The minimum absolute atomic E-state index is 0.135. The highest BCUT2D eigenvalue weighted by Crippen LogP contribution is 2.15. The molecule has 0 fully saturated rings. The average molecular weight is 293 g/mol. The molecule has 4 nitrogen and oxygen atoms in total. The van der Waals surface area contributed by atoms with Gasteiger partial charge in [-0.3, -0.25) is 0 Å². The fourth-order valence-electron chi connectivity index (χ4n) is 2.28. The Morgan fingerprint density at radius 2 is 1.84 bits per heavy atom. The summed E-state index contributed by atoms with van der Waals surface area (Å²) in [6, 6.07) is 0.233. The number of rotatable bonds is 11. The Morgan fingerprint density at radius 1 is 1.21 bits per heavy atom. The molecule has 1 N–H and O–H groups in total. The van der Waals surface area contributed by atoms with E-state index in [0.717, 1.165) is 19.4 Å². The second-order valence-electron chi connectivity index (χ2n) is 5.38. The molecule has 0 radical (unpaired) electrons. The zero-order valence-electron chi connectivity index (χ0n) is 13.1. The Morgan fingerprint density at radius 3 is 2.26 bits per heavy atom. The molecular formula is C14H31NO3S. The van der Waals surface area contributed by atoms with Crippen molar-refractivity contribution in [1.82, 2.24) is 5.32 Å². The summed E-state index contributed by atoms with van der Waals surface area (Å²) in [6.45, 7) is 9.05. The highest BCUT2D eigenvalue weighted by molar-refractivity contribution is 7.91. The van der Waals surface area contributed by atoms with Gasteiger partial charge in [-0.15, -0.1) is 0 Å². The number of hydrogen-bond acceptors (Lipinski definition) is 4.